The molecule has 0 aliphatic carbocycles. The summed E-state index contributed by atoms with van der Waals surface area (Å²) in [5.41, 5.74) is 1.44. The van der Waals surface area contributed by atoms with Gasteiger partial charge in [-0.25, -0.2) is 0 Å². The predicted molar refractivity (Wildman–Crippen MR) is 58.9 cm³/mol. The van der Waals surface area contributed by atoms with Crippen LogP contribution in [0.4, 0.5) is 0 Å². The van der Waals surface area contributed by atoms with Crippen LogP contribution < -0.4 is 4.74 Å². The topological polar surface area (TPSA) is 73.5 Å². The molecule has 0 aliphatic rings. The van der Waals surface area contributed by atoms with E-state index in [2.05, 4.69) is 0 Å². The molecule has 0 spiro atoms. The van der Waals surface area contributed by atoms with Crippen molar-refractivity contribution in [1.29, 1.82) is 5.26 Å². The number of nitriles is 1. The second kappa shape index (κ2) is 5.50. The van der Waals surface area contributed by atoms with Crippen LogP contribution in [0.25, 0.3) is 0 Å². The molecule has 16 heavy (non-hydrogen) atoms. The van der Waals surface area contributed by atoms with Crippen molar-refractivity contribution in [2.75, 3.05) is 7.11 Å². The zero-order valence-corrected chi connectivity index (χ0v) is 9.34. The van der Waals surface area contributed by atoms with Gasteiger partial charge in [-0.05, 0) is 30.2 Å². The lowest BCUT2D eigenvalue weighted by Crippen LogP contribution is -2.18. The standard InChI is InChI=1S/C12H15NO3/c1-8-3-4-9(16-2)7-10(8)12(15)11(14)5-6-13/h3-4,7,11-12,14-15H,5H2,1-2H3. The lowest BCUT2D eigenvalue weighted by atomic mass is 9.98. The molecular weight excluding hydrogens is 206 g/mol. The van der Waals surface area contributed by atoms with Crippen molar-refractivity contribution in [2.45, 2.75) is 25.6 Å². The Bertz CT molecular complexity index is 398. The monoisotopic (exact) mass is 221 g/mol. The number of hydrogen-bond donors (Lipinski definition) is 2. The maximum absolute atomic E-state index is 9.86. The molecule has 4 heteroatoms. The van der Waals surface area contributed by atoms with Crippen molar-refractivity contribution in [3.05, 3.63) is 29.3 Å². The highest BCUT2D eigenvalue weighted by atomic mass is 16.5. The van der Waals surface area contributed by atoms with Gasteiger partial charge in [0.05, 0.1) is 25.7 Å². The van der Waals surface area contributed by atoms with Gasteiger partial charge in [-0.2, -0.15) is 5.26 Å². The first-order valence-corrected chi connectivity index (χ1v) is 4.97. The van der Waals surface area contributed by atoms with E-state index < -0.39 is 12.2 Å². The molecule has 0 radical (unpaired) electrons. The molecule has 2 unspecified atom stereocenters. The fourth-order valence-electron chi connectivity index (χ4n) is 1.48. The molecule has 0 saturated heterocycles. The minimum atomic E-state index is -1.07. The zero-order chi connectivity index (χ0) is 12.1. The van der Waals surface area contributed by atoms with E-state index in [-0.39, 0.29) is 6.42 Å². The number of methoxy groups -OCH3 is 1. The Balaban J connectivity index is 2.98. The summed E-state index contributed by atoms with van der Waals surface area (Å²) < 4.78 is 5.04. The van der Waals surface area contributed by atoms with Crippen molar-refractivity contribution in [1.82, 2.24) is 0 Å². The van der Waals surface area contributed by atoms with Crippen molar-refractivity contribution < 1.29 is 14.9 Å². The van der Waals surface area contributed by atoms with Gasteiger partial charge in [0.2, 0.25) is 0 Å². The number of aliphatic hydroxyl groups is 2. The predicted octanol–water partition coefficient (Wildman–Crippen LogP) is 1.31. The van der Waals surface area contributed by atoms with E-state index in [9.17, 15) is 10.2 Å². The summed E-state index contributed by atoms with van der Waals surface area (Å²) in [6, 6.07) is 7.07. The molecule has 86 valence electrons. The number of ether oxygens (including phenoxy) is 1. The van der Waals surface area contributed by atoms with Crippen molar-refractivity contribution in [3.8, 4) is 11.8 Å². The number of rotatable bonds is 4. The summed E-state index contributed by atoms with van der Waals surface area (Å²) in [4.78, 5) is 0. The van der Waals surface area contributed by atoms with Crippen LogP contribution in [0.2, 0.25) is 0 Å². The molecular formula is C12H15NO3. The normalized spacial score (nSPS) is 13.9. The lowest BCUT2D eigenvalue weighted by Gasteiger charge is -2.18. The SMILES string of the molecule is COc1ccc(C)c(C(O)C(O)CC#N)c1. The van der Waals surface area contributed by atoms with Crippen molar-refractivity contribution >= 4 is 0 Å². The van der Waals surface area contributed by atoms with Crippen LogP contribution in [0.5, 0.6) is 5.75 Å². The Morgan fingerprint density at radius 2 is 2.12 bits per heavy atom. The fourth-order valence-corrected chi connectivity index (χ4v) is 1.48. The molecule has 0 amide bonds. The van der Waals surface area contributed by atoms with E-state index in [1.165, 1.54) is 7.11 Å². The summed E-state index contributed by atoms with van der Waals surface area (Å²) in [6.45, 7) is 1.83. The van der Waals surface area contributed by atoms with Crippen LogP contribution in [0, 0.1) is 18.3 Å². The second-order valence-electron chi connectivity index (χ2n) is 3.60. The maximum Gasteiger partial charge on any atom is 0.119 e. The van der Waals surface area contributed by atoms with E-state index in [1.54, 1.807) is 18.2 Å². The molecule has 0 fully saturated rings. The summed E-state index contributed by atoms with van der Waals surface area (Å²) in [5, 5.41) is 27.9. The van der Waals surface area contributed by atoms with Gasteiger partial charge in [0.25, 0.3) is 0 Å². The van der Waals surface area contributed by atoms with Crippen molar-refractivity contribution in [3.63, 3.8) is 0 Å². The molecule has 1 aromatic carbocycles. The number of nitrogens with zero attached hydrogens (tertiary/aromatic N) is 1. The highest BCUT2D eigenvalue weighted by Gasteiger charge is 2.20. The highest BCUT2D eigenvalue weighted by Crippen LogP contribution is 2.26. The van der Waals surface area contributed by atoms with E-state index in [0.717, 1.165) is 5.56 Å². The molecule has 4 nitrogen and oxygen atoms in total. The number of aliphatic hydroxyl groups excluding tert-OH is 2. The van der Waals surface area contributed by atoms with Crippen LogP contribution in [0.1, 0.15) is 23.7 Å². The van der Waals surface area contributed by atoms with E-state index in [0.29, 0.717) is 11.3 Å². The summed E-state index contributed by atoms with van der Waals surface area (Å²) in [7, 11) is 1.53. The smallest absolute Gasteiger partial charge is 0.119 e. The Morgan fingerprint density at radius 1 is 1.44 bits per heavy atom. The van der Waals surface area contributed by atoms with E-state index >= 15 is 0 Å². The molecule has 2 atom stereocenters. The van der Waals surface area contributed by atoms with Crippen LogP contribution in [-0.4, -0.2) is 23.4 Å². The fraction of sp³-hybridized carbons (Fsp3) is 0.417. The van der Waals surface area contributed by atoms with Gasteiger partial charge in [-0.1, -0.05) is 6.07 Å². The van der Waals surface area contributed by atoms with Gasteiger partial charge in [-0.15, -0.1) is 0 Å². The molecule has 1 rings (SSSR count). The van der Waals surface area contributed by atoms with Crippen LogP contribution in [0.15, 0.2) is 18.2 Å². The van der Waals surface area contributed by atoms with Crippen LogP contribution in [0.3, 0.4) is 0 Å². The Morgan fingerprint density at radius 3 is 2.69 bits per heavy atom. The van der Waals surface area contributed by atoms with Gasteiger partial charge >= 0.3 is 0 Å². The third-order valence-corrected chi connectivity index (χ3v) is 2.47. The second-order valence-corrected chi connectivity index (χ2v) is 3.60. The first-order chi connectivity index (χ1) is 7.60. The Hall–Kier alpha value is -1.57. The molecule has 0 bridgehead atoms. The first kappa shape index (κ1) is 12.5. The maximum atomic E-state index is 9.86. The number of aryl methyl sites for hydroxylation is 1. The first-order valence-electron chi connectivity index (χ1n) is 4.97. The number of benzene rings is 1. The van der Waals surface area contributed by atoms with Crippen LogP contribution >= 0.6 is 0 Å². The average Bonchev–Trinajstić information content (AvgIpc) is 2.29. The van der Waals surface area contributed by atoms with Gasteiger partial charge in [0, 0.05) is 0 Å². The van der Waals surface area contributed by atoms with Gasteiger partial charge in [-0.3, -0.25) is 0 Å². The quantitative estimate of drug-likeness (QED) is 0.804. The third kappa shape index (κ3) is 2.72. The summed E-state index contributed by atoms with van der Waals surface area (Å²) >= 11 is 0. The minimum absolute atomic E-state index is 0.0994. The van der Waals surface area contributed by atoms with Crippen molar-refractivity contribution in [2.24, 2.45) is 0 Å². The molecule has 0 heterocycles. The number of hydrogen-bond acceptors (Lipinski definition) is 4. The molecule has 2 N–H and O–H groups in total. The third-order valence-electron chi connectivity index (χ3n) is 2.47. The average molecular weight is 221 g/mol. The molecule has 0 aliphatic heterocycles. The zero-order valence-electron chi connectivity index (χ0n) is 9.34. The highest BCUT2D eigenvalue weighted by molar-refractivity contribution is 5.36. The Labute approximate surface area is 94.7 Å². The van der Waals surface area contributed by atoms with E-state index in [4.69, 9.17) is 10.00 Å². The van der Waals surface area contributed by atoms with Gasteiger partial charge in [0.1, 0.15) is 11.9 Å². The molecule has 0 saturated carbocycles. The Kier molecular flexibility index (Phi) is 4.29. The van der Waals surface area contributed by atoms with Gasteiger partial charge in [0.15, 0.2) is 0 Å². The minimum Gasteiger partial charge on any atom is -0.497 e. The lowest BCUT2D eigenvalue weighted by molar-refractivity contribution is 0.0211. The van der Waals surface area contributed by atoms with Crippen LogP contribution in [-0.2, 0) is 0 Å². The van der Waals surface area contributed by atoms with E-state index in [1.807, 2.05) is 13.0 Å². The summed E-state index contributed by atoms with van der Waals surface area (Å²) in [5.74, 6) is 0.615. The largest absolute Gasteiger partial charge is 0.497 e. The summed E-state index contributed by atoms with van der Waals surface area (Å²) in [6.07, 6.45) is -2.23. The van der Waals surface area contributed by atoms with Gasteiger partial charge < -0.3 is 14.9 Å². The molecule has 1 aromatic rings. The molecule has 0 aromatic heterocycles.